The van der Waals surface area contributed by atoms with Crippen LogP contribution in [0.5, 0.6) is 0 Å². The van der Waals surface area contributed by atoms with Crippen molar-refractivity contribution in [3.05, 3.63) is 58.9 Å². The third-order valence-corrected chi connectivity index (χ3v) is 4.88. The van der Waals surface area contributed by atoms with Crippen LogP contribution in [-0.4, -0.2) is 8.42 Å². The van der Waals surface area contributed by atoms with Gasteiger partial charge in [0.15, 0.2) is 9.84 Å². The van der Waals surface area contributed by atoms with Crippen molar-refractivity contribution in [3.63, 3.8) is 0 Å². The minimum Gasteiger partial charge on any atom is -0.398 e. The highest BCUT2D eigenvalue weighted by molar-refractivity contribution is 7.90. The van der Waals surface area contributed by atoms with Gasteiger partial charge in [0.1, 0.15) is 5.82 Å². The zero-order valence-electron chi connectivity index (χ0n) is 11.4. The van der Waals surface area contributed by atoms with Crippen LogP contribution >= 0.6 is 0 Å². The molecule has 0 unspecified atom stereocenters. The summed E-state index contributed by atoms with van der Waals surface area (Å²) in [5.41, 5.74) is 7.96. The Balaban J connectivity index is 2.46. The van der Waals surface area contributed by atoms with Crippen molar-refractivity contribution in [1.82, 2.24) is 0 Å². The zero-order chi connectivity index (χ0) is 14.9. The molecule has 0 saturated heterocycles. The van der Waals surface area contributed by atoms with Gasteiger partial charge in [-0.05, 0) is 54.8 Å². The fraction of sp³-hybridized carbons (Fsp3) is 0.200. The normalized spacial score (nSPS) is 11.6. The molecule has 0 aliphatic rings. The number of aryl methyl sites for hydroxylation is 2. The summed E-state index contributed by atoms with van der Waals surface area (Å²) < 4.78 is 38.1. The molecule has 0 aliphatic carbocycles. The smallest absolute Gasteiger partial charge is 0.184 e. The molecule has 2 aromatic carbocycles. The molecule has 0 amide bonds. The Labute approximate surface area is 118 Å². The van der Waals surface area contributed by atoms with Gasteiger partial charge in [-0.25, -0.2) is 12.8 Å². The van der Waals surface area contributed by atoms with Crippen LogP contribution in [0, 0.1) is 19.7 Å². The van der Waals surface area contributed by atoms with Crippen molar-refractivity contribution in [3.8, 4) is 0 Å². The molecule has 2 rings (SSSR count). The van der Waals surface area contributed by atoms with Gasteiger partial charge in [0.2, 0.25) is 0 Å². The maximum atomic E-state index is 13.2. The molecule has 3 nitrogen and oxygen atoms in total. The predicted molar refractivity (Wildman–Crippen MR) is 77.6 cm³/mol. The summed E-state index contributed by atoms with van der Waals surface area (Å²) in [6, 6.07) is 8.99. The Hall–Kier alpha value is -1.88. The van der Waals surface area contributed by atoms with E-state index in [4.69, 9.17) is 5.73 Å². The number of halogens is 1. The molecule has 106 valence electrons. The lowest BCUT2D eigenvalue weighted by Crippen LogP contribution is -2.09. The van der Waals surface area contributed by atoms with E-state index in [0.29, 0.717) is 5.56 Å². The average Bonchev–Trinajstić information content (AvgIpc) is 2.36. The third-order valence-electron chi connectivity index (χ3n) is 3.16. The van der Waals surface area contributed by atoms with Gasteiger partial charge in [-0.1, -0.05) is 12.1 Å². The van der Waals surface area contributed by atoms with E-state index >= 15 is 0 Å². The SMILES string of the molecule is Cc1ccc(N)c(S(=O)(=O)Cc2cc(F)ccc2C)c1. The third kappa shape index (κ3) is 2.99. The summed E-state index contributed by atoms with van der Waals surface area (Å²) in [5, 5.41) is 0. The highest BCUT2D eigenvalue weighted by Crippen LogP contribution is 2.25. The quantitative estimate of drug-likeness (QED) is 0.885. The van der Waals surface area contributed by atoms with Gasteiger partial charge < -0.3 is 5.73 Å². The minimum atomic E-state index is -3.60. The van der Waals surface area contributed by atoms with Crippen LogP contribution in [-0.2, 0) is 15.6 Å². The summed E-state index contributed by atoms with van der Waals surface area (Å²) in [7, 11) is -3.60. The van der Waals surface area contributed by atoms with Crippen LogP contribution < -0.4 is 5.73 Å². The van der Waals surface area contributed by atoms with Crippen molar-refractivity contribution in [1.29, 1.82) is 0 Å². The van der Waals surface area contributed by atoms with Crippen LogP contribution in [0.15, 0.2) is 41.3 Å². The zero-order valence-corrected chi connectivity index (χ0v) is 12.2. The van der Waals surface area contributed by atoms with Crippen LogP contribution in [0.3, 0.4) is 0 Å². The molecule has 0 spiro atoms. The summed E-state index contributed by atoms with van der Waals surface area (Å²) in [6.45, 7) is 3.55. The molecule has 5 heteroatoms. The van der Waals surface area contributed by atoms with Gasteiger partial charge in [-0.2, -0.15) is 0 Å². The van der Waals surface area contributed by atoms with E-state index in [2.05, 4.69) is 0 Å². The summed E-state index contributed by atoms with van der Waals surface area (Å²) >= 11 is 0. The molecule has 0 aliphatic heterocycles. The van der Waals surface area contributed by atoms with Crippen molar-refractivity contribution >= 4 is 15.5 Å². The highest BCUT2D eigenvalue weighted by atomic mass is 32.2. The number of nitrogens with two attached hydrogens (primary N) is 1. The second-order valence-electron chi connectivity index (χ2n) is 4.87. The Morgan fingerprint density at radius 2 is 1.80 bits per heavy atom. The Morgan fingerprint density at radius 1 is 1.10 bits per heavy atom. The molecule has 2 N–H and O–H groups in total. The van der Waals surface area contributed by atoms with Crippen molar-refractivity contribution in [2.45, 2.75) is 24.5 Å². The molecule has 20 heavy (non-hydrogen) atoms. The number of sulfone groups is 1. The largest absolute Gasteiger partial charge is 0.398 e. The van der Waals surface area contributed by atoms with Gasteiger partial charge in [0, 0.05) is 0 Å². The number of anilines is 1. The first-order chi connectivity index (χ1) is 9.29. The summed E-state index contributed by atoms with van der Waals surface area (Å²) in [4.78, 5) is 0.0983. The van der Waals surface area contributed by atoms with E-state index in [1.807, 2.05) is 0 Å². The minimum absolute atomic E-state index is 0.0983. The monoisotopic (exact) mass is 293 g/mol. The van der Waals surface area contributed by atoms with Gasteiger partial charge in [-0.15, -0.1) is 0 Å². The molecule has 0 saturated carbocycles. The summed E-state index contributed by atoms with van der Waals surface area (Å²) in [5.74, 6) is -0.706. The second-order valence-corrected chi connectivity index (χ2v) is 6.83. The lowest BCUT2D eigenvalue weighted by Gasteiger charge is -2.10. The number of rotatable bonds is 3. The molecule has 0 aromatic heterocycles. The Morgan fingerprint density at radius 3 is 2.50 bits per heavy atom. The van der Waals surface area contributed by atoms with Gasteiger partial charge in [0.05, 0.1) is 16.3 Å². The van der Waals surface area contributed by atoms with Crippen molar-refractivity contribution in [2.24, 2.45) is 0 Å². The molecule has 0 radical (unpaired) electrons. The predicted octanol–water partition coefficient (Wildman–Crippen LogP) is 3.00. The number of hydrogen-bond acceptors (Lipinski definition) is 3. The lowest BCUT2D eigenvalue weighted by molar-refractivity contribution is 0.594. The summed E-state index contributed by atoms with van der Waals surface area (Å²) in [6.07, 6.45) is 0. The van der Waals surface area contributed by atoms with E-state index < -0.39 is 15.7 Å². The maximum Gasteiger partial charge on any atom is 0.184 e. The van der Waals surface area contributed by atoms with Crippen LogP contribution in [0.1, 0.15) is 16.7 Å². The second kappa shape index (κ2) is 5.25. The molecular formula is C15H16FNO2S. The Bertz CT molecular complexity index is 754. The van der Waals surface area contributed by atoms with Gasteiger partial charge in [0.25, 0.3) is 0 Å². The van der Waals surface area contributed by atoms with E-state index in [-0.39, 0.29) is 16.3 Å². The molecule has 0 heterocycles. The van der Waals surface area contributed by atoms with E-state index in [1.54, 1.807) is 38.1 Å². The van der Waals surface area contributed by atoms with E-state index in [1.165, 1.54) is 12.1 Å². The van der Waals surface area contributed by atoms with Crippen molar-refractivity contribution in [2.75, 3.05) is 5.73 Å². The standard InChI is InChI=1S/C15H16FNO2S/c1-10-3-6-14(17)15(7-10)20(18,19)9-12-8-13(16)5-4-11(12)2/h3-8H,9,17H2,1-2H3. The maximum absolute atomic E-state index is 13.2. The molecular weight excluding hydrogens is 277 g/mol. The molecule has 2 aromatic rings. The first kappa shape index (κ1) is 14.5. The highest BCUT2D eigenvalue weighted by Gasteiger charge is 2.19. The van der Waals surface area contributed by atoms with Crippen LogP contribution in [0.25, 0.3) is 0 Å². The van der Waals surface area contributed by atoms with E-state index in [9.17, 15) is 12.8 Å². The Kier molecular flexibility index (Phi) is 3.81. The molecule has 0 atom stereocenters. The van der Waals surface area contributed by atoms with Gasteiger partial charge >= 0.3 is 0 Å². The molecule has 0 fully saturated rings. The molecule has 0 bridgehead atoms. The van der Waals surface area contributed by atoms with Crippen molar-refractivity contribution < 1.29 is 12.8 Å². The lowest BCUT2D eigenvalue weighted by atomic mass is 10.1. The number of benzene rings is 2. The van der Waals surface area contributed by atoms with Crippen LogP contribution in [0.4, 0.5) is 10.1 Å². The van der Waals surface area contributed by atoms with E-state index in [0.717, 1.165) is 11.1 Å². The fourth-order valence-electron chi connectivity index (χ4n) is 1.99. The first-order valence-corrected chi connectivity index (χ1v) is 7.79. The fourth-order valence-corrected chi connectivity index (χ4v) is 3.66. The van der Waals surface area contributed by atoms with Crippen LogP contribution in [0.2, 0.25) is 0 Å². The number of hydrogen-bond donors (Lipinski definition) is 1. The number of nitrogen functional groups attached to an aromatic ring is 1. The first-order valence-electron chi connectivity index (χ1n) is 6.13. The van der Waals surface area contributed by atoms with Gasteiger partial charge in [-0.3, -0.25) is 0 Å². The topological polar surface area (TPSA) is 60.2 Å². The average molecular weight is 293 g/mol.